The van der Waals surface area contributed by atoms with E-state index >= 15 is 0 Å². The molecule has 1 unspecified atom stereocenters. The Kier molecular flexibility index (Phi) is 4.11. The van der Waals surface area contributed by atoms with E-state index in [0.29, 0.717) is 11.7 Å². The quantitative estimate of drug-likeness (QED) is 0.823. The molecule has 1 saturated heterocycles. The summed E-state index contributed by atoms with van der Waals surface area (Å²) in [5, 5.41) is 0. The lowest BCUT2D eigenvalue weighted by atomic mass is 9.91. The molecule has 1 aromatic heterocycles. The van der Waals surface area contributed by atoms with Gasteiger partial charge in [-0.05, 0) is 34.9 Å². The van der Waals surface area contributed by atoms with Crippen LogP contribution in [0.15, 0.2) is 0 Å². The lowest BCUT2D eigenvalue weighted by Gasteiger charge is -2.21. The zero-order valence-corrected chi connectivity index (χ0v) is 13.3. The van der Waals surface area contributed by atoms with Crippen LogP contribution in [0.4, 0.5) is 5.82 Å². The molecule has 2 heterocycles. The minimum Gasteiger partial charge on any atom is -0.383 e. The highest BCUT2D eigenvalue weighted by Crippen LogP contribution is 2.29. The summed E-state index contributed by atoms with van der Waals surface area (Å²) >= 11 is 2.24. The number of hydrogen-bond donors (Lipinski definition) is 1. The third kappa shape index (κ3) is 3.12. The van der Waals surface area contributed by atoms with Crippen LogP contribution in [0.3, 0.4) is 0 Å². The topological polar surface area (TPSA) is 61.0 Å². The Morgan fingerprint density at radius 1 is 1.39 bits per heavy atom. The summed E-state index contributed by atoms with van der Waals surface area (Å²) in [7, 11) is 0. The third-order valence-electron chi connectivity index (χ3n) is 3.13. The fraction of sp³-hybridized carbons (Fsp3) is 0.692. The van der Waals surface area contributed by atoms with Gasteiger partial charge in [-0.3, -0.25) is 0 Å². The van der Waals surface area contributed by atoms with Crippen LogP contribution < -0.4 is 5.73 Å². The fourth-order valence-electron chi connectivity index (χ4n) is 2.10. The van der Waals surface area contributed by atoms with Crippen LogP contribution in [0.2, 0.25) is 0 Å². The number of nitrogens with two attached hydrogens (primary N) is 1. The van der Waals surface area contributed by atoms with Gasteiger partial charge >= 0.3 is 0 Å². The number of nitrogens with zero attached hydrogens (tertiary/aromatic N) is 2. The van der Waals surface area contributed by atoms with Gasteiger partial charge in [0.05, 0.1) is 9.26 Å². The Hall–Kier alpha value is -0.430. The predicted octanol–water partition coefficient (Wildman–Crippen LogP) is 2.54. The molecule has 0 saturated carbocycles. The van der Waals surface area contributed by atoms with Crippen LogP contribution in [0.25, 0.3) is 0 Å². The summed E-state index contributed by atoms with van der Waals surface area (Å²) < 4.78 is 6.37. The van der Waals surface area contributed by atoms with E-state index < -0.39 is 0 Å². The second kappa shape index (κ2) is 5.28. The molecule has 5 heteroatoms. The van der Waals surface area contributed by atoms with Crippen LogP contribution >= 0.6 is 22.6 Å². The van der Waals surface area contributed by atoms with Crippen molar-refractivity contribution in [3.8, 4) is 0 Å². The van der Waals surface area contributed by atoms with E-state index in [4.69, 9.17) is 15.5 Å². The number of nitrogen functional groups attached to an aromatic ring is 1. The van der Waals surface area contributed by atoms with Crippen LogP contribution in [0, 0.1) is 9.49 Å². The molecule has 4 nitrogen and oxygen atoms in total. The molecule has 1 atom stereocenters. The summed E-state index contributed by atoms with van der Waals surface area (Å²) in [4.78, 5) is 9.13. The first-order valence-electron chi connectivity index (χ1n) is 6.28. The van der Waals surface area contributed by atoms with Gasteiger partial charge < -0.3 is 10.5 Å². The first-order valence-corrected chi connectivity index (χ1v) is 7.36. The zero-order chi connectivity index (χ0) is 13.3. The Morgan fingerprint density at radius 3 is 2.67 bits per heavy atom. The van der Waals surface area contributed by atoms with Crippen LogP contribution in [0.1, 0.15) is 38.7 Å². The van der Waals surface area contributed by atoms with E-state index in [-0.39, 0.29) is 5.41 Å². The number of anilines is 1. The zero-order valence-electron chi connectivity index (χ0n) is 11.2. The number of ether oxygens (including phenoxy) is 1. The molecule has 0 radical (unpaired) electrons. The average molecular weight is 361 g/mol. The van der Waals surface area contributed by atoms with Crippen molar-refractivity contribution in [2.75, 3.05) is 18.9 Å². The SMILES string of the molecule is CC(C)(C)c1nc(CC2CCOC2)nc(N)c1I. The maximum absolute atomic E-state index is 6.00. The summed E-state index contributed by atoms with van der Waals surface area (Å²) in [6.45, 7) is 8.13. The minimum absolute atomic E-state index is 0.00545. The number of rotatable bonds is 2. The monoisotopic (exact) mass is 361 g/mol. The van der Waals surface area contributed by atoms with E-state index in [1.165, 1.54) is 0 Å². The van der Waals surface area contributed by atoms with Gasteiger partial charge in [0.2, 0.25) is 0 Å². The van der Waals surface area contributed by atoms with E-state index in [2.05, 4.69) is 48.3 Å². The summed E-state index contributed by atoms with van der Waals surface area (Å²) in [6, 6.07) is 0. The van der Waals surface area contributed by atoms with Gasteiger partial charge in [0.1, 0.15) is 11.6 Å². The molecule has 0 spiro atoms. The largest absolute Gasteiger partial charge is 0.383 e. The molecular weight excluding hydrogens is 341 g/mol. The van der Waals surface area contributed by atoms with Crippen molar-refractivity contribution in [3.05, 3.63) is 15.1 Å². The Bertz CT molecular complexity index is 437. The van der Waals surface area contributed by atoms with Crippen LogP contribution in [-0.4, -0.2) is 23.2 Å². The smallest absolute Gasteiger partial charge is 0.140 e. The highest BCUT2D eigenvalue weighted by atomic mass is 127. The van der Waals surface area contributed by atoms with E-state index in [0.717, 1.165) is 41.1 Å². The fourth-order valence-corrected chi connectivity index (χ4v) is 3.15. The first-order chi connectivity index (χ1) is 8.38. The number of aromatic nitrogens is 2. The second-order valence-electron chi connectivity index (χ2n) is 5.87. The van der Waals surface area contributed by atoms with Crippen molar-refractivity contribution in [2.24, 2.45) is 5.92 Å². The predicted molar refractivity (Wildman–Crippen MR) is 80.5 cm³/mol. The maximum atomic E-state index is 6.00. The molecule has 18 heavy (non-hydrogen) atoms. The standard InChI is InChI=1S/C13H20IN3O/c1-13(2,3)11-10(14)12(15)17-9(16-11)6-8-4-5-18-7-8/h8H,4-7H2,1-3H3,(H2,15,16,17). The Balaban J connectivity index is 2.28. The molecular formula is C13H20IN3O. The molecule has 1 fully saturated rings. The van der Waals surface area contributed by atoms with Gasteiger partial charge in [-0.1, -0.05) is 20.8 Å². The van der Waals surface area contributed by atoms with Crippen LogP contribution in [-0.2, 0) is 16.6 Å². The molecule has 1 aliphatic rings. The maximum Gasteiger partial charge on any atom is 0.140 e. The average Bonchev–Trinajstić information content (AvgIpc) is 2.74. The molecule has 0 amide bonds. The molecule has 0 aliphatic carbocycles. The van der Waals surface area contributed by atoms with Crippen molar-refractivity contribution in [3.63, 3.8) is 0 Å². The van der Waals surface area contributed by atoms with Gasteiger partial charge in [-0.15, -0.1) is 0 Å². The van der Waals surface area contributed by atoms with Crippen molar-refractivity contribution < 1.29 is 4.74 Å². The van der Waals surface area contributed by atoms with Crippen molar-refractivity contribution >= 4 is 28.4 Å². The molecule has 1 aromatic rings. The van der Waals surface area contributed by atoms with Crippen LogP contribution in [0.5, 0.6) is 0 Å². The molecule has 0 aromatic carbocycles. The third-order valence-corrected chi connectivity index (χ3v) is 4.19. The van der Waals surface area contributed by atoms with Crippen molar-refractivity contribution in [1.82, 2.24) is 9.97 Å². The van der Waals surface area contributed by atoms with Gasteiger partial charge in [-0.25, -0.2) is 9.97 Å². The second-order valence-corrected chi connectivity index (χ2v) is 6.95. The van der Waals surface area contributed by atoms with E-state index in [9.17, 15) is 0 Å². The lowest BCUT2D eigenvalue weighted by molar-refractivity contribution is 0.185. The summed E-state index contributed by atoms with van der Waals surface area (Å²) in [5.74, 6) is 2.00. The molecule has 2 N–H and O–H groups in total. The molecule has 2 rings (SSSR count). The van der Waals surface area contributed by atoms with Gasteiger partial charge in [0, 0.05) is 25.0 Å². The number of halogens is 1. The van der Waals surface area contributed by atoms with Gasteiger partial charge in [0.25, 0.3) is 0 Å². The Morgan fingerprint density at radius 2 is 2.11 bits per heavy atom. The van der Waals surface area contributed by atoms with Gasteiger partial charge in [-0.2, -0.15) is 0 Å². The molecule has 1 aliphatic heterocycles. The van der Waals surface area contributed by atoms with Crippen molar-refractivity contribution in [2.45, 2.75) is 39.0 Å². The minimum atomic E-state index is -0.00545. The van der Waals surface area contributed by atoms with E-state index in [1.54, 1.807) is 0 Å². The number of hydrogen-bond acceptors (Lipinski definition) is 4. The van der Waals surface area contributed by atoms with Crippen molar-refractivity contribution in [1.29, 1.82) is 0 Å². The molecule has 0 bridgehead atoms. The lowest BCUT2D eigenvalue weighted by Crippen LogP contribution is -2.20. The first kappa shape index (κ1) is 14.0. The van der Waals surface area contributed by atoms with Gasteiger partial charge in [0.15, 0.2) is 0 Å². The normalized spacial score (nSPS) is 20.3. The summed E-state index contributed by atoms with van der Waals surface area (Å²) in [6.07, 6.45) is 1.96. The molecule has 100 valence electrons. The highest BCUT2D eigenvalue weighted by Gasteiger charge is 2.24. The summed E-state index contributed by atoms with van der Waals surface area (Å²) in [5.41, 5.74) is 7.04. The Labute approximate surface area is 122 Å². The highest BCUT2D eigenvalue weighted by molar-refractivity contribution is 14.1. The van der Waals surface area contributed by atoms with E-state index in [1.807, 2.05) is 0 Å².